The van der Waals surface area contributed by atoms with E-state index in [4.69, 9.17) is 17.3 Å². The predicted octanol–water partition coefficient (Wildman–Crippen LogP) is 1.94. The molecule has 1 saturated heterocycles. The zero-order valence-electron chi connectivity index (χ0n) is 11.1. The molecule has 3 rings (SSSR count). The van der Waals surface area contributed by atoms with Gasteiger partial charge in [0.25, 0.3) is 0 Å². The van der Waals surface area contributed by atoms with E-state index in [1.807, 2.05) is 4.90 Å². The lowest BCUT2D eigenvalue weighted by Crippen LogP contribution is -2.27. The van der Waals surface area contributed by atoms with Crippen molar-refractivity contribution in [2.75, 3.05) is 29.0 Å². The summed E-state index contributed by atoms with van der Waals surface area (Å²) in [5.74, 6) is 0.787. The van der Waals surface area contributed by atoms with Crippen molar-refractivity contribution in [3.63, 3.8) is 0 Å². The minimum atomic E-state index is -0.317. The molecule has 0 amide bonds. The number of nitrogen functional groups attached to an aromatic ring is 1. The summed E-state index contributed by atoms with van der Waals surface area (Å²) >= 11 is 6.05. The summed E-state index contributed by atoms with van der Waals surface area (Å²) < 4.78 is 13.7. The highest BCUT2D eigenvalue weighted by molar-refractivity contribution is 6.35. The van der Waals surface area contributed by atoms with E-state index in [1.165, 1.54) is 12.4 Å². The van der Waals surface area contributed by atoms with Gasteiger partial charge in [0.15, 0.2) is 17.5 Å². The number of hydrogen-bond donors (Lipinski definition) is 2. The predicted molar refractivity (Wildman–Crippen MR) is 79.9 cm³/mol. The van der Waals surface area contributed by atoms with E-state index < -0.39 is 0 Å². The number of nitrogens with one attached hydrogen (secondary N) is 1. The van der Waals surface area contributed by atoms with Crippen LogP contribution in [0.25, 0.3) is 0 Å². The van der Waals surface area contributed by atoms with E-state index in [1.54, 1.807) is 12.3 Å². The lowest BCUT2D eigenvalue weighted by atomic mass is 10.2. The normalized spacial score (nSPS) is 18.0. The average Bonchev–Trinajstić information content (AvgIpc) is 2.93. The average molecular weight is 309 g/mol. The van der Waals surface area contributed by atoms with Gasteiger partial charge in [-0.05, 0) is 18.6 Å². The van der Waals surface area contributed by atoms with Gasteiger partial charge in [0.1, 0.15) is 17.2 Å². The molecule has 0 aliphatic carbocycles. The zero-order valence-corrected chi connectivity index (χ0v) is 11.9. The van der Waals surface area contributed by atoms with Crippen molar-refractivity contribution in [3.8, 4) is 0 Å². The number of halogens is 2. The van der Waals surface area contributed by atoms with Gasteiger partial charge in [-0.2, -0.15) is 0 Å². The Morgan fingerprint density at radius 1 is 1.38 bits per heavy atom. The molecule has 2 aromatic heterocycles. The van der Waals surface area contributed by atoms with Crippen LogP contribution in [-0.2, 0) is 0 Å². The standard InChI is InChI=1S/C13H14ClFN6/c14-10-11(16)18-7-19-12(10)20-8-3-5-21(6-8)13-9(15)2-1-4-17-13/h1-2,4,7-8H,3,5-6H2,(H3,16,18,19,20). The fraction of sp³-hybridized carbons (Fsp3) is 0.308. The summed E-state index contributed by atoms with van der Waals surface area (Å²) in [4.78, 5) is 13.9. The third-order valence-electron chi connectivity index (χ3n) is 3.38. The van der Waals surface area contributed by atoms with Crippen molar-refractivity contribution in [3.05, 3.63) is 35.5 Å². The van der Waals surface area contributed by atoms with Crippen molar-refractivity contribution in [2.45, 2.75) is 12.5 Å². The monoisotopic (exact) mass is 308 g/mol. The molecule has 2 aromatic rings. The second kappa shape index (κ2) is 5.69. The maximum Gasteiger partial charge on any atom is 0.165 e. The largest absolute Gasteiger partial charge is 0.382 e. The second-order valence-corrected chi connectivity index (χ2v) is 5.18. The molecule has 1 aliphatic rings. The lowest BCUT2D eigenvalue weighted by Gasteiger charge is -2.18. The summed E-state index contributed by atoms with van der Waals surface area (Å²) in [5, 5.41) is 3.52. The van der Waals surface area contributed by atoms with Gasteiger partial charge >= 0.3 is 0 Å². The fourth-order valence-electron chi connectivity index (χ4n) is 2.36. The summed E-state index contributed by atoms with van der Waals surface area (Å²) in [7, 11) is 0. The van der Waals surface area contributed by atoms with Gasteiger partial charge in [0.05, 0.1) is 0 Å². The van der Waals surface area contributed by atoms with E-state index >= 15 is 0 Å². The number of anilines is 3. The molecule has 1 atom stereocenters. The highest BCUT2D eigenvalue weighted by atomic mass is 35.5. The molecule has 0 bridgehead atoms. The Balaban J connectivity index is 1.70. The van der Waals surface area contributed by atoms with E-state index in [2.05, 4.69) is 20.3 Å². The third-order valence-corrected chi connectivity index (χ3v) is 3.76. The van der Waals surface area contributed by atoms with Crippen LogP contribution in [0.1, 0.15) is 6.42 Å². The number of nitrogens with zero attached hydrogens (tertiary/aromatic N) is 4. The SMILES string of the molecule is Nc1ncnc(NC2CCN(c3ncccc3F)C2)c1Cl. The zero-order chi connectivity index (χ0) is 14.8. The van der Waals surface area contributed by atoms with Gasteiger partial charge < -0.3 is 16.0 Å². The van der Waals surface area contributed by atoms with Crippen molar-refractivity contribution < 1.29 is 4.39 Å². The van der Waals surface area contributed by atoms with E-state index in [0.29, 0.717) is 29.7 Å². The Kier molecular flexibility index (Phi) is 3.74. The van der Waals surface area contributed by atoms with Crippen LogP contribution >= 0.6 is 11.6 Å². The van der Waals surface area contributed by atoms with Crippen LogP contribution in [0.15, 0.2) is 24.7 Å². The third kappa shape index (κ3) is 2.82. The lowest BCUT2D eigenvalue weighted by molar-refractivity contribution is 0.615. The molecule has 110 valence electrons. The maximum absolute atomic E-state index is 13.7. The van der Waals surface area contributed by atoms with Crippen molar-refractivity contribution in [2.24, 2.45) is 0 Å². The van der Waals surface area contributed by atoms with Gasteiger partial charge in [0, 0.05) is 25.3 Å². The first kappa shape index (κ1) is 13.8. The van der Waals surface area contributed by atoms with Crippen LogP contribution in [0.5, 0.6) is 0 Å². The molecular formula is C13H14ClFN6. The van der Waals surface area contributed by atoms with E-state index in [9.17, 15) is 4.39 Å². The molecular weight excluding hydrogens is 295 g/mol. The maximum atomic E-state index is 13.7. The second-order valence-electron chi connectivity index (χ2n) is 4.81. The fourth-order valence-corrected chi connectivity index (χ4v) is 2.51. The smallest absolute Gasteiger partial charge is 0.165 e. The molecule has 8 heteroatoms. The van der Waals surface area contributed by atoms with Crippen LogP contribution in [-0.4, -0.2) is 34.1 Å². The molecule has 0 aromatic carbocycles. The Hall–Kier alpha value is -2.15. The summed E-state index contributed by atoms with van der Waals surface area (Å²) in [5.41, 5.74) is 5.64. The Morgan fingerprint density at radius 3 is 3.05 bits per heavy atom. The minimum absolute atomic E-state index is 0.0956. The molecule has 0 radical (unpaired) electrons. The number of aromatic nitrogens is 3. The first-order valence-corrected chi connectivity index (χ1v) is 6.91. The molecule has 1 aliphatic heterocycles. The van der Waals surface area contributed by atoms with Crippen molar-refractivity contribution in [1.82, 2.24) is 15.0 Å². The molecule has 3 N–H and O–H groups in total. The summed E-state index contributed by atoms with van der Waals surface area (Å²) in [6, 6.07) is 3.08. The van der Waals surface area contributed by atoms with E-state index in [-0.39, 0.29) is 17.7 Å². The summed E-state index contributed by atoms with van der Waals surface area (Å²) in [6.07, 6.45) is 3.77. The molecule has 3 heterocycles. The van der Waals surface area contributed by atoms with Crippen LogP contribution < -0.4 is 16.0 Å². The molecule has 0 spiro atoms. The quantitative estimate of drug-likeness (QED) is 0.902. The van der Waals surface area contributed by atoms with Gasteiger partial charge in [-0.3, -0.25) is 0 Å². The number of nitrogens with two attached hydrogens (primary N) is 1. The number of rotatable bonds is 3. The molecule has 21 heavy (non-hydrogen) atoms. The van der Waals surface area contributed by atoms with Crippen LogP contribution in [0.3, 0.4) is 0 Å². The Morgan fingerprint density at radius 2 is 2.24 bits per heavy atom. The number of hydrogen-bond acceptors (Lipinski definition) is 6. The topological polar surface area (TPSA) is 80.0 Å². The Labute approximate surface area is 126 Å². The highest BCUT2D eigenvalue weighted by Crippen LogP contribution is 2.27. The first-order chi connectivity index (χ1) is 10.1. The molecule has 0 saturated carbocycles. The van der Waals surface area contributed by atoms with Gasteiger partial charge in [-0.1, -0.05) is 11.6 Å². The van der Waals surface area contributed by atoms with Crippen LogP contribution in [0.2, 0.25) is 5.02 Å². The van der Waals surface area contributed by atoms with E-state index in [0.717, 1.165) is 6.42 Å². The van der Waals surface area contributed by atoms with Crippen LogP contribution in [0.4, 0.5) is 21.8 Å². The molecule has 1 fully saturated rings. The van der Waals surface area contributed by atoms with Crippen molar-refractivity contribution in [1.29, 1.82) is 0 Å². The molecule has 1 unspecified atom stereocenters. The number of pyridine rings is 1. The highest BCUT2D eigenvalue weighted by Gasteiger charge is 2.26. The van der Waals surface area contributed by atoms with Gasteiger partial charge in [-0.15, -0.1) is 0 Å². The Bertz CT molecular complexity index is 652. The summed E-state index contributed by atoms with van der Waals surface area (Å²) in [6.45, 7) is 1.33. The van der Waals surface area contributed by atoms with Gasteiger partial charge in [0.2, 0.25) is 0 Å². The molecule has 6 nitrogen and oxygen atoms in total. The first-order valence-electron chi connectivity index (χ1n) is 6.53. The van der Waals surface area contributed by atoms with Crippen LogP contribution in [0, 0.1) is 5.82 Å². The minimum Gasteiger partial charge on any atom is -0.382 e. The van der Waals surface area contributed by atoms with Gasteiger partial charge in [-0.25, -0.2) is 19.3 Å². The van der Waals surface area contributed by atoms with Crippen molar-refractivity contribution >= 4 is 29.1 Å².